The molecule has 2 aromatic rings. The lowest BCUT2D eigenvalue weighted by molar-refractivity contribution is -0.924. The fraction of sp³-hybridized carbons (Fsp3) is 0.571. The number of nitrogens with zero attached hydrogens (tertiary/aromatic N) is 2. The van der Waals surface area contributed by atoms with Crippen LogP contribution in [0.5, 0.6) is 11.5 Å². The van der Waals surface area contributed by atoms with Gasteiger partial charge in [0.15, 0.2) is 17.6 Å². The number of phenolic OH excluding ortho intramolecular Hbond substituents is 1. The van der Waals surface area contributed by atoms with Crippen molar-refractivity contribution in [3.63, 3.8) is 0 Å². The molecule has 1 saturated carbocycles. The quantitative estimate of drug-likeness (QED) is 0.544. The predicted molar refractivity (Wildman–Crippen MR) is 98.6 cm³/mol. The minimum absolute atomic E-state index is 0.107. The van der Waals surface area contributed by atoms with Crippen molar-refractivity contribution in [2.24, 2.45) is 5.92 Å². The zero-order valence-corrected chi connectivity index (χ0v) is 15.5. The Morgan fingerprint density at radius 1 is 1.32 bits per heavy atom. The van der Waals surface area contributed by atoms with E-state index in [9.17, 15) is 15.4 Å². The largest absolute Gasteiger partial charge is 0.632 e. The van der Waals surface area contributed by atoms with Crippen LogP contribution >= 0.6 is 0 Å². The Labute approximate surface area is 162 Å². The molecule has 3 heterocycles. The van der Waals surface area contributed by atoms with Crippen LogP contribution in [0, 0.1) is 11.1 Å². The molecule has 146 valence electrons. The summed E-state index contributed by atoms with van der Waals surface area (Å²) in [6.07, 6.45) is 5.06. The highest BCUT2D eigenvalue weighted by atomic mass is 16.6. The number of hydroxylamine groups is 3. The van der Waals surface area contributed by atoms with Crippen molar-refractivity contribution in [2.45, 2.75) is 55.3 Å². The SMILES string of the molecule is [O-][N+]1(CC2CC2)CC[C@]23c4c5ccc(O)c4OC2c2[nH]ncc2C[C@@]3(O)[C@H]1C5. The van der Waals surface area contributed by atoms with E-state index in [0.717, 1.165) is 35.2 Å². The fourth-order valence-corrected chi connectivity index (χ4v) is 6.92. The lowest BCUT2D eigenvalue weighted by Gasteiger charge is -2.67. The number of aromatic amines is 1. The first-order valence-electron chi connectivity index (χ1n) is 10.3. The molecule has 2 fully saturated rings. The lowest BCUT2D eigenvalue weighted by Crippen LogP contribution is -2.78. The van der Waals surface area contributed by atoms with Crippen molar-refractivity contribution in [1.29, 1.82) is 0 Å². The molecule has 3 N–H and O–H groups in total. The van der Waals surface area contributed by atoms with Crippen molar-refractivity contribution in [2.75, 3.05) is 13.1 Å². The van der Waals surface area contributed by atoms with Gasteiger partial charge >= 0.3 is 0 Å². The van der Waals surface area contributed by atoms with Crippen molar-refractivity contribution in [1.82, 2.24) is 10.2 Å². The van der Waals surface area contributed by atoms with Gasteiger partial charge in [-0.3, -0.25) is 5.10 Å². The number of rotatable bonds is 2. The highest BCUT2D eigenvalue weighted by Gasteiger charge is 2.75. The minimum atomic E-state index is -1.20. The highest BCUT2D eigenvalue weighted by Crippen LogP contribution is 2.69. The maximum atomic E-state index is 14.1. The Hall–Kier alpha value is -2.09. The van der Waals surface area contributed by atoms with E-state index in [1.54, 1.807) is 12.3 Å². The molecule has 0 amide bonds. The monoisotopic (exact) mass is 381 g/mol. The predicted octanol–water partition coefficient (Wildman–Crippen LogP) is 1.83. The lowest BCUT2D eigenvalue weighted by atomic mass is 9.49. The number of hydrogen-bond donors (Lipinski definition) is 3. The van der Waals surface area contributed by atoms with Gasteiger partial charge in [-0.15, -0.1) is 0 Å². The highest BCUT2D eigenvalue weighted by molar-refractivity contribution is 5.63. The Morgan fingerprint density at radius 3 is 3.00 bits per heavy atom. The van der Waals surface area contributed by atoms with Gasteiger partial charge in [0.05, 0.1) is 30.4 Å². The number of ether oxygens (including phenoxy) is 1. The van der Waals surface area contributed by atoms with Gasteiger partial charge in [-0.1, -0.05) is 6.07 Å². The summed E-state index contributed by atoms with van der Waals surface area (Å²) in [7, 11) is 0. The summed E-state index contributed by atoms with van der Waals surface area (Å²) in [6, 6.07) is 3.17. The second-order valence-corrected chi connectivity index (χ2v) is 9.60. The Balaban J connectivity index is 1.52. The van der Waals surface area contributed by atoms with Crippen LogP contribution in [-0.4, -0.2) is 49.8 Å². The summed E-state index contributed by atoms with van der Waals surface area (Å²) < 4.78 is 6.02. The summed E-state index contributed by atoms with van der Waals surface area (Å²) in [6.45, 7) is 1.09. The number of piperidine rings is 1. The van der Waals surface area contributed by atoms with Gasteiger partial charge in [0.2, 0.25) is 0 Å². The van der Waals surface area contributed by atoms with Crippen LogP contribution in [0.25, 0.3) is 0 Å². The molecule has 1 saturated heterocycles. The molecule has 7 heteroatoms. The number of quaternary nitrogens is 1. The molecule has 5 aliphatic rings. The number of aromatic nitrogens is 2. The third kappa shape index (κ3) is 1.55. The number of aromatic hydroxyl groups is 1. The average Bonchev–Trinajstić information content (AvgIpc) is 3.21. The summed E-state index contributed by atoms with van der Waals surface area (Å²) >= 11 is 0. The van der Waals surface area contributed by atoms with E-state index in [4.69, 9.17) is 4.74 Å². The second-order valence-electron chi connectivity index (χ2n) is 9.60. The molecule has 28 heavy (non-hydrogen) atoms. The van der Waals surface area contributed by atoms with Crippen molar-refractivity contribution < 1.29 is 19.6 Å². The molecule has 2 unspecified atom stereocenters. The molecule has 2 aliphatic heterocycles. The fourth-order valence-electron chi connectivity index (χ4n) is 6.92. The van der Waals surface area contributed by atoms with Crippen LogP contribution in [0.4, 0.5) is 0 Å². The van der Waals surface area contributed by atoms with Gasteiger partial charge in [0.25, 0.3) is 0 Å². The van der Waals surface area contributed by atoms with E-state index in [1.807, 2.05) is 6.07 Å². The summed E-state index contributed by atoms with van der Waals surface area (Å²) in [4.78, 5) is 0. The summed E-state index contributed by atoms with van der Waals surface area (Å²) in [5, 5.41) is 44.2. The Bertz CT molecular complexity index is 1030. The number of hydrogen-bond acceptors (Lipinski definition) is 5. The number of H-pyrrole nitrogens is 1. The maximum absolute atomic E-state index is 14.1. The third-order valence-corrected chi connectivity index (χ3v) is 8.28. The maximum Gasteiger partial charge on any atom is 0.166 e. The number of benzene rings is 1. The second kappa shape index (κ2) is 4.56. The van der Waals surface area contributed by atoms with Gasteiger partial charge in [-0.2, -0.15) is 5.10 Å². The van der Waals surface area contributed by atoms with E-state index in [-0.39, 0.29) is 10.4 Å². The molecule has 1 spiro atoms. The van der Waals surface area contributed by atoms with E-state index < -0.39 is 23.2 Å². The van der Waals surface area contributed by atoms with Crippen molar-refractivity contribution in [3.8, 4) is 11.5 Å². The van der Waals surface area contributed by atoms with Crippen LogP contribution in [-0.2, 0) is 18.3 Å². The topological polar surface area (TPSA) is 101 Å². The molecule has 2 bridgehead atoms. The van der Waals surface area contributed by atoms with Gasteiger partial charge in [-0.05, 0) is 24.5 Å². The van der Waals surface area contributed by atoms with Crippen molar-refractivity contribution >= 4 is 0 Å². The van der Waals surface area contributed by atoms with E-state index in [1.165, 1.54) is 0 Å². The number of nitrogens with one attached hydrogen (secondary N) is 1. The molecular formula is C21H23N3O4. The smallest absolute Gasteiger partial charge is 0.166 e. The van der Waals surface area contributed by atoms with Crippen LogP contribution in [0.1, 0.15) is 47.8 Å². The molecular weight excluding hydrogens is 358 g/mol. The normalized spacial score (nSPS) is 41.9. The first-order valence-corrected chi connectivity index (χ1v) is 10.3. The van der Waals surface area contributed by atoms with Crippen LogP contribution in [0.3, 0.4) is 0 Å². The minimum Gasteiger partial charge on any atom is -0.632 e. The molecule has 7 nitrogen and oxygen atoms in total. The molecule has 0 radical (unpaired) electrons. The Kier molecular flexibility index (Phi) is 2.57. The first kappa shape index (κ1) is 15.8. The van der Waals surface area contributed by atoms with Gasteiger partial charge < -0.3 is 24.8 Å². The average molecular weight is 381 g/mol. The first-order chi connectivity index (χ1) is 13.5. The van der Waals surface area contributed by atoms with Crippen molar-refractivity contribution in [3.05, 3.63) is 45.9 Å². The molecule has 5 atom stereocenters. The molecule has 1 aromatic heterocycles. The van der Waals surface area contributed by atoms with Gasteiger partial charge in [0, 0.05) is 36.3 Å². The zero-order chi connectivity index (χ0) is 18.9. The van der Waals surface area contributed by atoms with Crippen LogP contribution < -0.4 is 4.74 Å². The number of aliphatic hydroxyl groups is 1. The van der Waals surface area contributed by atoms with Gasteiger partial charge in [-0.25, -0.2) is 0 Å². The third-order valence-electron chi connectivity index (χ3n) is 8.28. The molecule has 7 rings (SSSR count). The summed E-state index contributed by atoms with van der Waals surface area (Å²) in [5.74, 6) is 1.08. The Morgan fingerprint density at radius 2 is 2.18 bits per heavy atom. The summed E-state index contributed by atoms with van der Waals surface area (Å²) in [5.41, 5.74) is 1.86. The van der Waals surface area contributed by atoms with E-state index >= 15 is 0 Å². The number of phenols is 1. The zero-order valence-electron chi connectivity index (χ0n) is 15.5. The van der Waals surface area contributed by atoms with E-state index in [0.29, 0.717) is 44.0 Å². The van der Waals surface area contributed by atoms with E-state index in [2.05, 4.69) is 10.2 Å². The van der Waals surface area contributed by atoms with Gasteiger partial charge in [0.1, 0.15) is 11.6 Å². The van der Waals surface area contributed by atoms with Crippen LogP contribution in [0.15, 0.2) is 18.3 Å². The molecule has 1 aromatic carbocycles. The number of fused-ring (bicyclic) bond motifs is 2. The number of likely N-dealkylation sites (tertiary alicyclic amines) is 1. The standard InChI is InChI=1S/C21H23N3O4/c25-14-4-3-12-7-15-21(26)8-13-9-22-23-17(13)19-20(21,16(12)18(14)28-19)5-6-24(15,27)10-11-1-2-11/h3-4,9,11,15,19,25-26H,1-2,5-8,10H2,(H,22,23)/t15-,19?,20+,21-,24?/m1/s1. The van der Waals surface area contributed by atoms with Crippen LogP contribution in [0.2, 0.25) is 0 Å². The molecule has 3 aliphatic carbocycles.